The molecule has 0 radical (unpaired) electrons. The Bertz CT molecular complexity index is 640. The Morgan fingerprint density at radius 3 is 2.41 bits per heavy atom. The molecule has 2 atom stereocenters. The average Bonchev–Trinajstić information content (AvgIpc) is 2.73. The molecule has 0 aromatic heterocycles. The fraction of sp³-hybridized carbons (Fsp3) is 0.353. The number of fused-ring (bicyclic) bond motifs is 1. The Morgan fingerprint density at radius 2 is 1.82 bits per heavy atom. The highest BCUT2D eigenvalue weighted by Crippen LogP contribution is 2.34. The zero-order chi connectivity index (χ0) is 15.7. The number of nitrogens with zero attached hydrogens (tertiary/aromatic N) is 1. The van der Waals surface area contributed by atoms with Crippen molar-refractivity contribution in [3.8, 4) is 0 Å². The third-order valence-electron chi connectivity index (χ3n) is 4.20. The largest absolute Gasteiger partial charge is 0.325 e. The normalized spacial score (nSPS) is 23.6. The van der Waals surface area contributed by atoms with E-state index in [9.17, 15) is 14.4 Å². The van der Waals surface area contributed by atoms with Crippen molar-refractivity contribution in [2.45, 2.75) is 19.8 Å². The van der Waals surface area contributed by atoms with Crippen molar-refractivity contribution < 1.29 is 14.4 Å². The van der Waals surface area contributed by atoms with Crippen LogP contribution in [0.4, 0.5) is 5.69 Å². The molecule has 1 aromatic carbocycles. The van der Waals surface area contributed by atoms with Gasteiger partial charge in [-0.15, -0.1) is 0 Å². The number of nitrogens with one attached hydrogen (secondary N) is 1. The number of carbonyl (C=O) groups excluding carboxylic acids is 3. The van der Waals surface area contributed by atoms with E-state index in [4.69, 9.17) is 0 Å². The van der Waals surface area contributed by atoms with Gasteiger partial charge in [-0.25, -0.2) is 0 Å². The number of hydrogen-bond acceptors (Lipinski definition) is 3. The second-order valence-electron chi connectivity index (χ2n) is 5.84. The molecule has 2 aliphatic rings. The van der Waals surface area contributed by atoms with Crippen LogP contribution in [0.2, 0.25) is 0 Å². The van der Waals surface area contributed by atoms with E-state index in [-0.39, 0.29) is 36.1 Å². The summed E-state index contributed by atoms with van der Waals surface area (Å²) < 4.78 is 0. The van der Waals surface area contributed by atoms with E-state index in [0.29, 0.717) is 18.5 Å². The zero-order valence-electron chi connectivity index (χ0n) is 12.4. The van der Waals surface area contributed by atoms with Gasteiger partial charge >= 0.3 is 0 Å². The van der Waals surface area contributed by atoms with Crippen LogP contribution >= 0.6 is 0 Å². The molecule has 1 aliphatic heterocycles. The molecule has 1 N–H and O–H groups in total. The Kier molecular flexibility index (Phi) is 3.79. The molecule has 1 aromatic rings. The Morgan fingerprint density at radius 1 is 1.18 bits per heavy atom. The first-order valence-electron chi connectivity index (χ1n) is 7.43. The summed E-state index contributed by atoms with van der Waals surface area (Å²) in [7, 11) is 0. The van der Waals surface area contributed by atoms with Crippen LogP contribution in [0, 0.1) is 18.8 Å². The van der Waals surface area contributed by atoms with Gasteiger partial charge in [-0.3, -0.25) is 19.3 Å². The Balaban J connectivity index is 1.67. The molecular weight excluding hydrogens is 280 g/mol. The van der Waals surface area contributed by atoms with E-state index in [0.717, 1.165) is 10.5 Å². The first-order chi connectivity index (χ1) is 10.6. The molecule has 1 aliphatic carbocycles. The molecule has 1 saturated heterocycles. The van der Waals surface area contributed by atoms with E-state index in [1.54, 1.807) is 6.07 Å². The third-order valence-corrected chi connectivity index (χ3v) is 4.20. The third kappa shape index (κ3) is 2.66. The molecule has 0 saturated carbocycles. The monoisotopic (exact) mass is 298 g/mol. The smallest absolute Gasteiger partial charge is 0.244 e. The number of benzene rings is 1. The number of likely N-dealkylation sites (tertiary alicyclic amines) is 1. The molecule has 22 heavy (non-hydrogen) atoms. The van der Waals surface area contributed by atoms with Gasteiger partial charge in [0.05, 0.1) is 11.8 Å². The molecule has 114 valence electrons. The van der Waals surface area contributed by atoms with Crippen LogP contribution in [0.3, 0.4) is 0 Å². The summed E-state index contributed by atoms with van der Waals surface area (Å²) >= 11 is 0. The van der Waals surface area contributed by atoms with Gasteiger partial charge in [-0.05, 0) is 37.5 Å². The zero-order valence-corrected chi connectivity index (χ0v) is 12.4. The molecular formula is C17H18N2O3. The van der Waals surface area contributed by atoms with Crippen molar-refractivity contribution in [3.63, 3.8) is 0 Å². The number of rotatable bonds is 3. The molecule has 3 amide bonds. The summed E-state index contributed by atoms with van der Waals surface area (Å²) in [5.74, 6) is -1.37. The fourth-order valence-corrected chi connectivity index (χ4v) is 3.09. The van der Waals surface area contributed by atoms with E-state index in [1.807, 2.05) is 37.3 Å². The highest BCUT2D eigenvalue weighted by Gasteiger charge is 2.47. The van der Waals surface area contributed by atoms with Crippen molar-refractivity contribution in [1.82, 2.24) is 4.90 Å². The molecule has 1 heterocycles. The highest BCUT2D eigenvalue weighted by atomic mass is 16.2. The summed E-state index contributed by atoms with van der Waals surface area (Å²) in [4.78, 5) is 37.8. The number of imide groups is 1. The van der Waals surface area contributed by atoms with Crippen molar-refractivity contribution >= 4 is 23.4 Å². The topological polar surface area (TPSA) is 66.5 Å². The van der Waals surface area contributed by atoms with Gasteiger partial charge in [0.25, 0.3) is 0 Å². The van der Waals surface area contributed by atoms with Crippen molar-refractivity contribution in [3.05, 3.63) is 42.0 Å². The Labute approximate surface area is 129 Å². The first-order valence-corrected chi connectivity index (χ1v) is 7.43. The van der Waals surface area contributed by atoms with Gasteiger partial charge in [-0.1, -0.05) is 24.3 Å². The van der Waals surface area contributed by atoms with E-state index >= 15 is 0 Å². The highest BCUT2D eigenvalue weighted by molar-refractivity contribution is 6.08. The minimum atomic E-state index is -0.348. The van der Waals surface area contributed by atoms with Crippen molar-refractivity contribution in [2.75, 3.05) is 11.9 Å². The van der Waals surface area contributed by atoms with Gasteiger partial charge in [0.15, 0.2) is 0 Å². The van der Waals surface area contributed by atoms with Crippen LogP contribution in [0.1, 0.15) is 18.4 Å². The van der Waals surface area contributed by atoms with E-state index < -0.39 is 0 Å². The number of allylic oxidation sites excluding steroid dienone is 2. The van der Waals surface area contributed by atoms with Crippen LogP contribution < -0.4 is 5.32 Å². The van der Waals surface area contributed by atoms with Crippen LogP contribution in [0.5, 0.6) is 0 Å². The number of hydrogen-bond donors (Lipinski definition) is 1. The number of amides is 3. The van der Waals surface area contributed by atoms with Gasteiger partial charge in [0.1, 0.15) is 6.54 Å². The lowest BCUT2D eigenvalue weighted by Gasteiger charge is -2.14. The SMILES string of the molecule is Cc1cccc(NC(=O)CN2C(=O)[C@H]3CC=CC[C@H]3C2=O)c1. The maximum Gasteiger partial charge on any atom is 0.244 e. The number of anilines is 1. The van der Waals surface area contributed by atoms with Crippen molar-refractivity contribution in [1.29, 1.82) is 0 Å². The molecule has 5 heteroatoms. The van der Waals surface area contributed by atoms with E-state index in [1.165, 1.54) is 0 Å². The second-order valence-corrected chi connectivity index (χ2v) is 5.84. The van der Waals surface area contributed by atoms with E-state index in [2.05, 4.69) is 5.32 Å². The maximum absolute atomic E-state index is 12.3. The maximum atomic E-state index is 12.3. The molecule has 0 bridgehead atoms. The lowest BCUT2D eigenvalue weighted by atomic mass is 9.85. The molecule has 0 unspecified atom stereocenters. The molecule has 1 fully saturated rings. The minimum absolute atomic E-state index is 0.210. The molecule has 5 nitrogen and oxygen atoms in total. The summed E-state index contributed by atoms with van der Waals surface area (Å²) in [5.41, 5.74) is 1.70. The average molecular weight is 298 g/mol. The second kappa shape index (κ2) is 5.75. The van der Waals surface area contributed by atoms with Gasteiger partial charge in [0, 0.05) is 5.69 Å². The van der Waals surface area contributed by atoms with Gasteiger partial charge in [-0.2, -0.15) is 0 Å². The van der Waals surface area contributed by atoms with Crippen LogP contribution in [-0.4, -0.2) is 29.2 Å². The Hall–Kier alpha value is -2.43. The van der Waals surface area contributed by atoms with Crippen LogP contribution in [-0.2, 0) is 14.4 Å². The van der Waals surface area contributed by atoms with Gasteiger partial charge in [0.2, 0.25) is 17.7 Å². The minimum Gasteiger partial charge on any atom is -0.325 e. The summed E-state index contributed by atoms with van der Waals surface area (Å²) in [5, 5.41) is 2.73. The standard InChI is InChI=1S/C17H18N2O3/c1-11-5-4-6-12(9-11)18-15(20)10-19-16(21)13-7-2-3-8-14(13)17(19)22/h2-6,9,13-14H,7-8,10H2,1H3,(H,18,20)/t13-,14+. The molecule has 3 rings (SSSR count). The van der Waals surface area contributed by atoms with Crippen LogP contribution in [0.15, 0.2) is 36.4 Å². The summed E-state index contributed by atoms with van der Waals surface area (Å²) in [6.45, 7) is 1.72. The predicted octanol–water partition coefficient (Wildman–Crippen LogP) is 1.88. The fourth-order valence-electron chi connectivity index (χ4n) is 3.09. The van der Waals surface area contributed by atoms with Crippen LogP contribution in [0.25, 0.3) is 0 Å². The van der Waals surface area contributed by atoms with Crippen molar-refractivity contribution in [2.24, 2.45) is 11.8 Å². The summed E-state index contributed by atoms with van der Waals surface area (Å²) in [6.07, 6.45) is 5.04. The number of aryl methyl sites for hydroxylation is 1. The number of carbonyl (C=O) groups is 3. The lowest BCUT2D eigenvalue weighted by molar-refractivity contribution is -0.142. The molecule has 0 spiro atoms. The van der Waals surface area contributed by atoms with Gasteiger partial charge < -0.3 is 5.32 Å². The lowest BCUT2D eigenvalue weighted by Crippen LogP contribution is -2.38. The first kappa shape index (κ1) is 14.5. The quantitative estimate of drug-likeness (QED) is 0.684. The predicted molar refractivity (Wildman–Crippen MR) is 81.9 cm³/mol. The summed E-state index contributed by atoms with van der Waals surface area (Å²) in [6, 6.07) is 7.40.